The summed E-state index contributed by atoms with van der Waals surface area (Å²) in [6.07, 6.45) is -7.47. The van der Waals surface area contributed by atoms with E-state index in [4.69, 9.17) is 13.9 Å². The number of hydrogen-bond donors (Lipinski definition) is 5. The molecular formula is C22H22O9. The number of phenols is 1. The molecule has 9 heteroatoms. The van der Waals surface area contributed by atoms with E-state index < -0.39 is 48.3 Å². The van der Waals surface area contributed by atoms with Crippen molar-refractivity contribution < 1.29 is 39.4 Å². The van der Waals surface area contributed by atoms with Crippen molar-refractivity contribution in [3.05, 3.63) is 58.3 Å². The topological polar surface area (TPSA) is 150 Å². The third kappa shape index (κ3) is 3.56. The van der Waals surface area contributed by atoms with Crippen molar-refractivity contribution in [1.82, 2.24) is 0 Å². The Balaban J connectivity index is 1.90. The Bertz CT molecular complexity index is 1140. The van der Waals surface area contributed by atoms with Gasteiger partial charge in [0, 0.05) is 17.7 Å². The van der Waals surface area contributed by atoms with Crippen LogP contribution in [0.4, 0.5) is 0 Å². The maximum atomic E-state index is 12.9. The summed E-state index contributed by atoms with van der Waals surface area (Å²) in [6.45, 7) is -0.638. The van der Waals surface area contributed by atoms with E-state index in [1.165, 1.54) is 19.2 Å². The quantitative estimate of drug-likeness (QED) is 0.403. The zero-order chi connectivity index (χ0) is 22.3. The second-order valence-corrected chi connectivity index (χ2v) is 7.30. The molecule has 0 saturated carbocycles. The highest BCUT2D eigenvalue weighted by Gasteiger charge is 2.46. The molecule has 0 aliphatic carbocycles. The van der Waals surface area contributed by atoms with E-state index in [-0.39, 0.29) is 22.3 Å². The fraction of sp³-hybridized carbons (Fsp3) is 0.318. The van der Waals surface area contributed by atoms with Gasteiger partial charge in [0.2, 0.25) is 0 Å². The van der Waals surface area contributed by atoms with E-state index in [1.54, 1.807) is 24.3 Å². The van der Waals surface area contributed by atoms with Crippen LogP contribution in [-0.2, 0) is 4.74 Å². The van der Waals surface area contributed by atoms with E-state index in [9.17, 15) is 30.3 Å². The summed E-state index contributed by atoms with van der Waals surface area (Å²) in [6, 6.07) is 11.6. The standard InChI is InChI=1S/C22H22O9/c1-29-13-8-14-16(11(24)7-12(30-14)10-5-3-2-4-6-10)19(26)17(13)22-21(28)20(27)18(25)15(9-23)31-22/h2-8,15,18,20-23,25-28H,9H2,1H3. The van der Waals surface area contributed by atoms with Gasteiger partial charge in [-0.3, -0.25) is 4.79 Å². The number of ether oxygens (including phenoxy) is 2. The molecule has 0 radical (unpaired) electrons. The number of methoxy groups -OCH3 is 1. The summed E-state index contributed by atoms with van der Waals surface area (Å²) in [5, 5.41) is 50.8. The minimum absolute atomic E-state index is 0.0303. The highest BCUT2D eigenvalue weighted by molar-refractivity contribution is 5.88. The Labute approximate surface area is 176 Å². The van der Waals surface area contributed by atoms with Gasteiger partial charge in [0.05, 0.1) is 19.3 Å². The van der Waals surface area contributed by atoms with Gasteiger partial charge < -0.3 is 39.4 Å². The molecule has 0 bridgehead atoms. The third-order valence-electron chi connectivity index (χ3n) is 5.45. The second kappa shape index (κ2) is 8.29. The molecule has 9 nitrogen and oxygen atoms in total. The lowest BCUT2D eigenvalue weighted by Crippen LogP contribution is -2.55. The molecule has 5 atom stereocenters. The van der Waals surface area contributed by atoms with E-state index in [2.05, 4.69) is 0 Å². The van der Waals surface area contributed by atoms with Crippen LogP contribution in [-0.4, -0.2) is 63.7 Å². The maximum absolute atomic E-state index is 12.9. The predicted octanol–water partition coefficient (Wildman–Crippen LogP) is 0.689. The molecule has 5 N–H and O–H groups in total. The monoisotopic (exact) mass is 430 g/mol. The molecule has 1 aromatic heterocycles. The molecule has 1 aliphatic heterocycles. The second-order valence-electron chi connectivity index (χ2n) is 7.30. The van der Waals surface area contributed by atoms with Crippen molar-refractivity contribution in [3.8, 4) is 22.8 Å². The lowest BCUT2D eigenvalue weighted by molar-refractivity contribution is -0.232. The first kappa shape index (κ1) is 21.3. The van der Waals surface area contributed by atoms with Crippen LogP contribution in [0.25, 0.3) is 22.3 Å². The minimum atomic E-state index is -1.66. The SMILES string of the molecule is COc1cc2oc(-c3ccccc3)cc(=O)c2c(O)c1C1OC(CO)C(O)C(O)C1O. The van der Waals surface area contributed by atoms with Crippen LogP contribution in [0.3, 0.4) is 0 Å². The average molecular weight is 430 g/mol. The summed E-state index contributed by atoms with van der Waals surface area (Å²) < 4.78 is 16.7. The van der Waals surface area contributed by atoms with E-state index >= 15 is 0 Å². The zero-order valence-electron chi connectivity index (χ0n) is 16.5. The van der Waals surface area contributed by atoms with Crippen LogP contribution in [0.5, 0.6) is 11.5 Å². The first-order valence-electron chi connectivity index (χ1n) is 9.61. The molecule has 3 aromatic rings. The Morgan fingerprint density at radius 2 is 1.74 bits per heavy atom. The van der Waals surface area contributed by atoms with Crippen molar-refractivity contribution in [2.24, 2.45) is 0 Å². The number of aliphatic hydroxyl groups excluding tert-OH is 4. The van der Waals surface area contributed by atoms with Crippen molar-refractivity contribution in [3.63, 3.8) is 0 Å². The Morgan fingerprint density at radius 3 is 2.39 bits per heavy atom. The molecule has 31 heavy (non-hydrogen) atoms. The summed E-state index contributed by atoms with van der Waals surface area (Å²) in [7, 11) is 1.31. The number of hydrogen-bond acceptors (Lipinski definition) is 9. The van der Waals surface area contributed by atoms with Gasteiger partial charge in [-0.05, 0) is 0 Å². The number of phenolic OH excluding ortho intramolecular Hbond substituents is 1. The van der Waals surface area contributed by atoms with Crippen LogP contribution in [0, 0.1) is 0 Å². The fourth-order valence-corrected chi connectivity index (χ4v) is 3.82. The van der Waals surface area contributed by atoms with Crippen molar-refractivity contribution >= 4 is 11.0 Å². The van der Waals surface area contributed by atoms with Crippen LogP contribution in [0.15, 0.2) is 51.7 Å². The number of rotatable bonds is 4. The lowest BCUT2D eigenvalue weighted by atomic mass is 9.89. The molecule has 0 spiro atoms. The molecular weight excluding hydrogens is 408 g/mol. The minimum Gasteiger partial charge on any atom is -0.506 e. The van der Waals surface area contributed by atoms with Gasteiger partial charge in [-0.1, -0.05) is 30.3 Å². The smallest absolute Gasteiger partial charge is 0.197 e. The number of fused-ring (bicyclic) bond motifs is 1. The van der Waals surface area contributed by atoms with Gasteiger partial charge in [-0.2, -0.15) is 0 Å². The third-order valence-corrected chi connectivity index (χ3v) is 5.45. The zero-order valence-corrected chi connectivity index (χ0v) is 16.5. The lowest BCUT2D eigenvalue weighted by Gasteiger charge is -2.40. The van der Waals surface area contributed by atoms with Gasteiger partial charge in [0.15, 0.2) is 5.43 Å². The predicted molar refractivity (Wildman–Crippen MR) is 109 cm³/mol. The number of aromatic hydroxyl groups is 1. The summed E-state index contributed by atoms with van der Waals surface area (Å²) in [5.74, 6) is -0.227. The molecule has 2 heterocycles. The molecule has 164 valence electrons. The van der Waals surface area contributed by atoms with Crippen LogP contribution in [0.1, 0.15) is 11.7 Å². The average Bonchev–Trinajstić information content (AvgIpc) is 2.78. The number of benzene rings is 2. The van der Waals surface area contributed by atoms with Gasteiger partial charge in [-0.25, -0.2) is 0 Å². The van der Waals surface area contributed by atoms with E-state index in [0.29, 0.717) is 11.3 Å². The Kier molecular flexibility index (Phi) is 5.69. The molecule has 1 saturated heterocycles. The van der Waals surface area contributed by atoms with E-state index in [0.717, 1.165) is 0 Å². The normalized spacial score (nSPS) is 26.2. The first-order chi connectivity index (χ1) is 14.9. The van der Waals surface area contributed by atoms with Gasteiger partial charge in [0.1, 0.15) is 58.7 Å². The van der Waals surface area contributed by atoms with E-state index in [1.807, 2.05) is 6.07 Å². The molecule has 1 fully saturated rings. The summed E-state index contributed by atoms with van der Waals surface area (Å²) >= 11 is 0. The van der Waals surface area contributed by atoms with Crippen LogP contribution in [0.2, 0.25) is 0 Å². The molecule has 0 amide bonds. The number of aliphatic hydroxyl groups is 4. The van der Waals surface area contributed by atoms with Crippen molar-refractivity contribution in [1.29, 1.82) is 0 Å². The fourth-order valence-electron chi connectivity index (χ4n) is 3.82. The van der Waals surface area contributed by atoms with Gasteiger partial charge in [0.25, 0.3) is 0 Å². The first-order valence-corrected chi connectivity index (χ1v) is 9.61. The largest absolute Gasteiger partial charge is 0.506 e. The molecule has 4 rings (SSSR count). The summed E-state index contributed by atoms with van der Waals surface area (Å²) in [5.41, 5.74) is 0.0739. The maximum Gasteiger partial charge on any atom is 0.197 e. The van der Waals surface area contributed by atoms with Crippen LogP contribution >= 0.6 is 0 Å². The van der Waals surface area contributed by atoms with Crippen LogP contribution < -0.4 is 10.2 Å². The van der Waals surface area contributed by atoms with Gasteiger partial charge in [-0.15, -0.1) is 0 Å². The Hall–Kier alpha value is -2.95. The Morgan fingerprint density at radius 1 is 1.03 bits per heavy atom. The molecule has 1 aliphatic rings. The molecule has 2 aromatic carbocycles. The van der Waals surface area contributed by atoms with Crippen molar-refractivity contribution in [2.45, 2.75) is 30.5 Å². The molecule has 5 unspecified atom stereocenters. The highest BCUT2D eigenvalue weighted by Crippen LogP contribution is 2.45. The van der Waals surface area contributed by atoms with Crippen molar-refractivity contribution in [2.75, 3.05) is 13.7 Å². The summed E-state index contributed by atoms with van der Waals surface area (Å²) in [4.78, 5) is 12.9. The van der Waals surface area contributed by atoms with Gasteiger partial charge >= 0.3 is 0 Å². The highest BCUT2D eigenvalue weighted by atomic mass is 16.5.